The van der Waals surface area contributed by atoms with Gasteiger partial charge in [0.05, 0.1) is 25.5 Å². The lowest BCUT2D eigenvalue weighted by molar-refractivity contribution is -0.135. The van der Waals surface area contributed by atoms with Crippen LogP contribution in [-0.2, 0) is 16.0 Å². The van der Waals surface area contributed by atoms with Gasteiger partial charge < -0.3 is 31.4 Å². The average Bonchev–Trinajstić information content (AvgIpc) is 2.95. The first-order valence-corrected chi connectivity index (χ1v) is 5.96. The molecule has 0 radical (unpaired) electrons. The predicted octanol–water partition coefficient (Wildman–Crippen LogP) is -3.32. The van der Waals surface area contributed by atoms with Crippen LogP contribution in [0.4, 0.5) is 0 Å². The van der Waals surface area contributed by atoms with Crippen LogP contribution in [0.1, 0.15) is 5.69 Å². The summed E-state index contributed by atoms with van der Waals surface area (Å²) in [7, 11) is 0. The highest BCUT2D eigenvalue weighted by Crippen LogP contribution is 1.97. The maximum absolute atomic E-state index is 11.6. The molecule has 0 saturated carbocycles. The normalized spacial score (nSPS) is 15.4. The molecule has 9 nitrogen and oxygen atoms in total. The van der Waals surface area contributed by atoms with Gasteiger partial charge in [-0.1, -0.05) is 0 Å². The fourth-order valence-corrected chi connectivity index (χ4v) is 1.45. The fourth-order valence-electron chi connectivity index (χ4n) is 1.45. The molecular weight excluding hydrogens is 268 g/mol. The van der Waals surface area contributed by atoms with Gasteiger partial charge >= 0.3 is 0 Å². The number of hydrogen-bond donors (Lipinski definition) is 6. The number of nitrogens with one attached hydrogen (secondary N) is 2. The number of carbonyl (C=O) groups excluding carboxylic acids is 2. The Morgan fingerprint density at radius 2 is 2.15 bits per heavy atom. The first kappa shape index (κ1) is 16.2. The molecular formula is C11H18N4O5. The van der Waals surface area contributed by atoms with Gasteiger partial charge in [-0.15, -0.1) is 0 Å². The summed E-state index contributed by atoms with van der Waals surface area (Å²) < 4.78 is 0. The van der Waals surface area contributed by atoms with E-state index in [1.807, 2.05) is 0 Å². The van der Waals surface area contributed by atoms with E-state index in [4.69, 9.17) is 15.9 Å². The van der Waals surface area contributed by atoms with E-state index in [2.05, 4.69) is 15.3 Å². The van der Waals surface area contributed by atoms with E-state index in [0.29, 0.717) is 5.69 Å². The quantitative estimate of drug-likeness (QED) is 0.291. The number of aromatic nitrogens is 2. The largest absolute Gasteiger partial charge is 0.394 e. The zero-order chi connectivity index (χ0) is 15.1. The van der Waals surface area contributed by atoms with Crippen molar-refractivity contribution in [3.8, 4) is 0 Å². The third-order valence-electron chi connectivity index (χ3n) is 2.65. The van der Waals surface area contributed by atoms with Gasteiger partial charge in [-0.2, -0.15) is 0 Å². The van der Waals surface area contributed by atoms with Crippen molar-refractivity contribution >= 4 is 11.7 Å². The van der Waals surface area contributed by atoms with E-state index >= 15 is 0 Å². The topological polar surface area (TPSA) is 162 Å². The lowest BCUT2D eigenvalue weighted by Gasteiger charge is -2.15. The maximum atomic E-state index is 11.6. The minimum absolute atomic E-state index is 0.224. The molecule has 0 spiro atoms. The summed E-state index contributed by atoms with van der Waals surface area (Å²) in [5.74, 6) is -1.38. The Bertz CT molecular complexity index is 436. The Morgan fingerprint density at radius 3 is 2.70 bits per heavy atom. The van der Waals surface area contributed by atoms with Gasteiger partial charge in [0.25, 0.3) is 0 Å². The van der Waals surface area contributed by atoms with Gasteiger partial charge in [-0.05, 0) is 0 Å². The van der Waals surface area contributed by atoms with Crippen LogP contribution in [0.5, 0.6) is 0 Å². The smallest absolute Gasteiger partial charge is 0.237 e. The summed E-state index contributed by atoms with van der Waals surface area (Å²) in [5, 5.41) is 29.2. The molecule has 9 heteroatoms. The molecule has 0 bridgehead atoms. The van der Waals surface area contributed by atoms with Gasteiger partial charge in [-0.3, -0.25) is 9.59 Å². The van der Waals surface area contributed by atoms with Crippen LogP contribution in [0, 0.1) is 0 Å². The molecule has 1 heterocycles. The van der Waals surface area contributed by atoms with E-state index in [1.165, 1.54) is 12.5 Å². The van der Waals surface area contributed by atoms with E-state index in [-0.39, 0.29) is 6.42 Å². The average molecular weight is 286 g/mol. The van der Waals surface area contributed by atoms with Crippen molar-refractivity contribution in [1.82, 2.24) is 15.3 Å². The third kappa shape index (κ3) is 4.70. The zero-order valence-electron chi connectivity index (χ0n) is 10.7. The van der Waals surface area contributed by atoms with Crippen LogP contribution in [0.25, 0.3) is 0 Å². The summed E-state index contributed by atoms with van der Waals surface area (Å²) in [5.41, 5.74) is 6.31. The Labute approximate surface area is 114 Å². The van der Waals surface area contributed by atoms with Crippen molar-refractivity contribution in [2.24, 2.45) is 5.73 Å². The second-order valence-electron chi connectivity index (χ2n) is 4.27. The molecule has 1 rings (SSSR count). The molecule has 0 saturated heterocycles. The summed E-state index contributed by atoms with van der Waals surface area (Å²) >= 11 is 0. The Hall–Kier alpha value is -1.81. The van der Waals surface area contributed by atoms with Crippen molar-refractivity contribution < 1.29 is 24.9 Å². The molecule has 0 aliphatic carbocycles. The number of ketones is 1. The van der Waals surface area contributed by atoms with Crippen LogP contribution in [0.15, 0.2) is 12.5 Å². The number of H-pyrrole nitrogens is 1. The molecule has 20 heavy (non-hydrogen) atoms. The monoisotopic (exact) mass is 286 g/mol. The molecule has 0 fully saturated rings. The van der Waals surface area contributed by atoms with Crippen molar-refractivity contribution in [2.75, 3.05) is 13.2 Å². The van der Waals surface area contributed by atoms with Crippen LogP contribution in [0.2, 0.25) is 0 Å². The van der Waals surface area contributed by atoms with Gasteiger partial charge in [0.2, 0.25) is 5.91 Å². The molecule has 112 valence electrons. The second kappa shape index (κ2) is 7.70. The summed E-state index contributed by atoms with van der Waals surface area (Å²) in [6, 6.07) is -0.872. The van der Waals surface area contributed by atoms with Crippen molar-refractivity contribution in [2.45, 2.75) is 24.7 Å². The number of aromatic amines is 1. The Balaban J connectivity index is 2.37. The predicted molar refractivity (Wildman–Crippen MR) is 67.4 cm³/mol. The number of hydrogen-bond acceptors (Lipinski definition) is 7. The first-order chi connectivity index (χ1) is 9.45. The minimum Gasteiger partial charge on any atom is -0.394 e. The summed E-state index contributed by atoms with van der Waals surface area (Å²) in [4.78, 5) is 29.6. The standard InChI is InChI=1S/C11H18N4O5/c12-7(1-6-2-13-5-15-6)11(20)14-3-8(17)10(19)9(18)4-16/h2,5,7,9-10,16,18-19H,1,3-4,12H2,(H,13,15)(H,14,20)/t7-,9?,10?/m0/s1. The highest BCUT2D eigenvalue weighted by Gasteiger charge is 2.24. The number of rotatable bonds is 8. The Kier molecular flexibility index (Phi) is 6.25. The molecule has 0 aliphatic heterocycles. The number of imidazole rings is 1. The molecule has 7 N–H and O–H groups in total. The number of aliphatic hydroxyl groups is 3. The molecule has 1 aromatic heterocycles. The van der Waals surface area contributed by atoms with E-state index in [9.17, 15) is 14.7 Å². The SMILES string of the molecule is N[C@@H](Cc1cnc[nH]1)C(=O)NCC(=O)C(O)C(O)CO. The van der Waals surface area contributed by atoms with Crippen LogP contribution < -0.4 is 11.1 Å². The molecule has 2 unspecified atom stereocenters. The number of nitrogens with two attached hydrogens (primary N) is 1. The van der Waals surface area contributed by atoms with E-state index < -0.39 is 43.1 Å². The molecule has 0 aliphatic rings. The van der Waals surface area contributed by atoms with Gasteiger partial charge in [0.1, 0.15) is 12.2 Å². The van der Waals surface area contributed by atoms with Crippen molar-refractivity contribution in [1.29, 1.82) is 0 Å². The second-order valence-corrected chi connectivity index (χ2v) is 4.27. The lowest BCUT2D eigenvalue weighted by Crippen LogP contribution is -2.47. The van der Waals surface area contributed by atoms with Crippen molar-refractivity contribution in [3.63, 3.8) is 0 Å². The molecule has 1 aromatic rings. The first-order valence-electron chi connectivity index (χ1n) is 5.96. The number of aliphatic hydroxyl groups excluding tert-OH is 3. The van der Waals surface area contributed by atoms with Gasteiger partial charge in [0.15, 0.2) is 5.78 Å². The van der Waals surface area contributed by atoms with E-state index in [0.717, 1.165) is 0 Å². The molecule has 3 atom stereocenters. The summed E-state index contributed by atoms with van der Waals surface area (Å²) in [6.07, 6.45) is -0.111. The zero-order valence-corrected chi connectivity index (χ0v) is 10.7. The van der Waals surface area contributed by atoms with Crippen molar-refractivity contribution in [3.05, 3.63) is 18.2 Å². The van der Waals surface area contributed by atoms with Gasteiger partial charge in [0, 0.05) is 18.3 Å². The number of amides is 1. The van der Waals surface area contributed by atoms with Crippen LogP contribution in [-0.4, -0.2) is 68.4 Å². The maximum Gasteiger partial charge on any atom is 0.237 e. The summed E-state index contributed by atoms with van der Waals surface area (Å²) in [6.45, 7) is -1.23. The molecule has 0 aromatic carbocycles. The molecule has 1 amide bonds. The highest BCUT2D eigenvalue weighted by atomic mass is 16.4. The highest BCUT2D eigenvalue weighted by molar-refractivity contribution is 5.90. The third-order valence-corrected chi connectivity index (χ3v) is 2.65. The fraction of sp³-hybridized carbons (Fsp3) is 0.545. The van der Waals surface area contributed by atoms with E-state index in [1.54, 1.807) is 0 Å². The Morgan fingerprint density at radius 1 is 1.45 bits per heavy atom. The number of carbonyl (C=O) groups is 2. The number of Topliss-reactive ketones (excluding diaryl/α,β-unsaturated/α-hetero) is 1. The van der Waals surface area contributed by atoms with Crippen LogP contribution >= 0.6 is 0 Å². The van der Waals surface area contributed by atoms with Gasteiger partial charge in [-0.25, -0.2) is 4.98 Å². The number of nitrogens with zero attached hydrogens (tertiary/aromatic N) is 1. The van der Waals surface area contributed by atoms with Crippen LogP contribution in [0.3, 0.4) is 0 Å². The minimum atomic E-state index is -1.75. The lowest BCUT2D eigenvalue weighted by atomic mass is 10.1.